The van der Waals surface area contributed by atoms with Gasteiger partial charge in [0, 0.05) is 35.6 Å². The number of rotatable bonds is 6. The third-order valence-electron chi connectivity index (χ3n) is 2.70. The normalized spacial score (nSPS) is 12.6. The van der Waals surface area contributed by atoms with Crippen molar-refractivity contribution in [3.8, 4) is 0 Å². The van der Waals surface area contributed by atoms with Gasteiger partial charge in [-0.3, -0.25) is 9.78 Å². The van der Waals surface area contributed by atoms with Crippen LogP contribution in [-0.2, 0) is 4.79 Å². The number of carboxylic acids is 1. The van der Waals surface area contributed by atoms with E-state index in [1.165, 1.54) is 18.5 Å². The summed E-state index contributed by atoms with van der Waals surface area (Å²) < 4.78 is 0. The van der Waals surface area contributed by atoms with Gasteiger partial charge in [0.15, 0.2) is 0 Å². The fourth-order valence-electron chi connectivity index (χ4n) is 1.97. The van der Waals surface area contributed by atoms with Crippen LogP contribution in [0.2, 0.25) is 0 Å². The van der Waals surface area contributed by atoms with E-state index in [4.69, 9.17) is 5.11 Å². The Labute approximate surface area is 118 Å². The molecule has 0 aliphatic heterocycles. The number of aliphatic carboxylic acids is 1. The molecule has 1 aromatic rings. The van der Waals surface area contributed by atoms with Gasteiger partial charge in [-0.15, -0.1) is 0 Å². The Morgan fingerprint density at radius 1 is 1.40 bits per heavy atom. The maximum Gasteiger partial charge on any atom is 0.328 e. The van der Waals surface area contributed by atoms with Gasteiger partial charge in [-0.05, 0) is 31.4 Å². The molecule has 20 heavy (non-hydrogen) atoms. The summed E-state index contributed by atoms with van der Waals surface area (Å²) in [6, 6.07) is 1.64. The minimum absolute atomic E-state index is 0.0620. The first-order valence-electron chi connectivity index (χ1n) is 6.56. The van der Waals surface area contributed by atoms with Crippen LogP contribution in [0.4, 0.5) is 0 Å². The van der Waals surface area contributed by atoms with Crippen molar-refractivity contribution in [2.45, 2.75) is 33.2 Å². The van der Waals surface area contributed by atoms with Gasteiger partial charge >= 0.3 is 5.97 Å². The zero-order chi connectivity index (χ0) is 15.1. The number of pyridine rings is 1. The monoisotopic (exact) mass is 276 g/mol. The zero-order valence-corrected chi connectivity index (χ0v) is 12.0. The summed E-state index contributed by atoms with van der Waals surface area (Å²) in [6.07, 6.45) is 6.24. The van der Waals surface area contributed by atoms with Crippen LogP contribution in [0.25, 0.3) is 6.08 Å². The fraction of sp³-hybridized carbons (Fsp3) is 0.400. The number of hydrogen-bond donors (Lipinski definition) is 2. The van der Waals surface area contributed by atoms with E-state index in [-0.39, 0.29) is 11.9 Å². The van der Waals surface area contributed by atoms with E-state index in [0.29, 0.717) is 17.0 Å². The van der Waals surface area contributed by atoms with Crippen LogP contribution in [0.15, 0.2) is 24.5 Å². The molecule has 0 bridgehead atoms. The lowest BCUT2D eigenvalue weighted by molar-refractivity contribution is -0.131. The Hall–Kier alpha value is -2.17. The lowest BCUT2D eigenvalue weighted by atomic mass is 10.0. The highest BCUT2D eigenvalue weighted by Gasteiger charge is 2.13. The number of aromatic nitrogens is 1. The zero-order valence-electron chi connectivity index (χ0n) is 12.0. The van der Waals surface area contributed by atoms with Crippen LogP contribution in [-0.4, -0.2) is 28.0 Å². The summed E-state index contributed by atoms with van der Waals surface area (Å²) in [5.41, 5.74) is 0.914. The van der Waals surface area contributed by atoms with Crippen molar-refractivity contribution in [1.82, 2.24) is 10.3 Å². The third kappa shape index (κ3) is 5.22. The highest BCUT2D eigenvalue weighted by atomic mass is 16.4. The third-order valence-corrected chi connectivity index (χ3v) is 2.70. The lowest BCUT2D eigenvalue weighted by Crippen LogP contribution is -2.33. The Morgan fingerprint density at radius 3 is 2.70 bits per heavy atom. The topological polar surface area (TPSA) is 79.3 Å². The number of amides is 1. The van der Waals surface area contributed by atoms with Gasteiger partial charge in [-0.1, -0.05) is 13.8 Å². The molecule has 0 aliphatic rings. The summed E-state index contributed by atoms with van der Waals surface area (Å²) in [4.78, 5) is 26.6. The largest absolute Gasteiger partial charge is 0.478 e. The van der Waals surface area contributed by atoms with Gasteiger partial charge < -0.3 is 10.4 Å². The van der Waals surface area contributed by atoms with Crippen LogP contribution in [0.3, 0.4) is 0 Å². The highest BCUT2D eigenvalue weighted by molar-refractivity contribution is 5.98. The molecule has 0 aromatic carbocycles. The summed E-state index contributed by atoms with van der Waals surface area (Å²) in [6.45, 7) is 6.14. The smallest absolute Gasteiger partial charge is 0.328 e. The maximum atomic E-state index is 12.2. The van der Waals surface area contributed by atoms with Crippen LogP contribution in [0, 0.1) is 5.92 Å². The average Bonchev–Trinajstić information content (AvgIpc) is 2.35. The molecule has 0 radical (unpaired) electrons. The van der Waals surface area contributed by atoms with Crippen molar-refractivity contribution < 1.29 is 14.7 Å². The number of carboxylic acid groups (broad SMARTS) is 1. The molecule has 1 unspecified atom stereocenters. The number of hydrogen-bond acceptors (Lipinski definition) is 3. The first-order chi connectivity index (χ1) is 9.40. The summed E-state index contributed by atoms with van der Waals surface area (Å²) >= 11 is 0. The molecule has 5 heteroatoms. The quantitative estimate of drug-likeness (QED) is 0.782. The van der Waals surface area contributed by atoms with Crippen LogP contribution in [0.5, 0.6) is 0 Å². The Bertz CT molecular complexity index is 510. The van der Waals surface area contributed by atoms with Crippen molar-refractivity contribution in [1.29, 1.82) is 0 Å². The van der Waals surface area contributed by atoms with Gasteiger partial charge in [0.05, 0.1) is 0 Å². The number of nitrogens with one attached hydrogen (secondary N) is 1. The first-order valence-corrected chi connectivity index (χ1v) is 6.56. The Morgan fingerprint density at radius 2 is 2.10 bits per heavy atom. The first kappa shape index (κ1) is 15.9. The van der Waals surface area contributed by atoms with Crippen LogP contribution < -0.4 is 5.32 Å². The van der Waals surface area contributed by atoms with Gasteiger partial charge in [0.1, 0.15) is 0 Å². The highest BCUT2D eigenvalue weighted by Crippen LogP contribution is 2.11. The van der Waals surface area contributed by atoms with Crippen LogP contribution >= 0.6 is 0 Å². The predicted molar refractivity (Wildman–Crippen MR) is 77.3 cm³/mol. The van der Waals surface area contributed by atoms with Gasteiger partial charge in [0.25, 0.3) is 5.91 Å². The second-order valence-corrected chi connectivity index (χ2v) is 5.14. The molecular weight excluding hydrogens is 256 g/mol. The van der Waals surface area contributed by atoms with Crippen molar-refractivity contribution in [2.24, 2.45) is 5.92 Å². The molecule has 0 saturated carbocycles. The number of carbonyl (C=O) groups excluding carboxylic acids is 1. The van der Waals surface area contributed by atoms with E-state index in [2.05, 4.69) is 24.1 Å². The Kier molecular flexibility index (Phi) is 5.90. The molecule has 1 amide bonds. The summed E-state index contributed by atoms with van der Waals surface area (Å²) in [5, 5.41) is 11.5. The molecule has 2 N–H and O–H groups in total. The minimum atomic E-state index is -1.06. The summed E-state index contributed by atoms with van der Waals surface area (Å²) in [5.74, 6) is -0.784. The van der Waals surface area contributed by atoms with Crippen molar-refractivity contribution in [3.63, 3.8) is 0 Å². The molecule has 1 atom stereocenters. The minimum Gasteiger partial charge on any atom is -0.478 e. The number of carbonyl (C=O) groups is 2. The van der Waals surface area contributed by atoms with E-state index in [0.717, 1.165) is 12.5 Å². The van der Waals surface area contributed by atoms with E-state index in [1.54, 1.807) is 6.07 Å². The van der Waals surface area contributed by atoms with Gasteiger partial charge in [-0.2, -0.15) is 0 Å². The van der Waals surface area contributed by atoms with E-state index < -0.39 is 5.97 Å². The second-order valence-electron chi connectivity index (χ2n) is 5.14. The molecule has 1 rings (SSSR count). The van der Waals surface area contributed by atoms with Gasteiger partial charge in [0.2, 0.25) is 0 Å². The van der Waals surface area contributed by atoms with Crippen molar-refractivity contribution in [3.05, 3.63) is 35.7 Å². The fourth-order valence-corrected chi connectivity index (χ4v) is 1.97. The maximum absolute atomic E-state index is 12.2. The molecule has 0 aliphatic carbocycles. The van der Waals surface area contributed by atoms with Crippen LogP contribution in [0.1, 0.15) is 43.1 Å². The second kappa shape index (κ2) is 7.43. The van der Waals surface area contributed by atoms with Crippen molar-refractivity contribution in [2.75, 3.05) is 0 Å². The molecule has 1 heterocycles. The van der Waals surface area contributed by atoms with Gasteiger partial charge in [-0.25, -0.2) is 4.79 Å². The molecule has 0 spiro atoms. The Balaban J connectivity index is 2.85. The SMILES string of the molecule is CC(C)CC(C)NC(=O)c1ccncc1C=CC(=O)O. The predicted octanol–water partition coefficient (Wildman–Crippen LogP) is 2.34. The molecule has 5 nitrogen and oxygen atoms in total. The molecule has 1 aromatic heterocycles. The molecule has 0 saturated heterocycles. The number of nitrogens with zero attached hydrogens (tertiary/aromatic N) is 1. The standard InChI is InChI=1S/C15H20N2O3/c1-10(2)8-11(3)17-15(20)13-6-7-16-9-12(13)4-5-14(18)19/h4-7,9-11H,8H2,1-3H3,(H,17,20)(H,18,19). The lowest BCUT2D eigenvalue weighted by Gasteiger charge is -2.16. The van der Waals surface area contributed by atoms with E-state index in [1.807, 2.05) is 6.92 Å². The summed E-state index contributed by atoms with van der Waals surface area (Å²) in [7, 11) is 0. The molecular formula is C15H20N2O3. The van der Waals surface area contributed by atoms with E-state index in [9.17, 15) is 9.59 Å². The average molecular weight is 276 g/mol. The molecule has 0 fully saturated rings. The van der Waals surface area contributed by atoms with E-state index >= 15 is 0 Å². The molecule has 108 valence electrons. The van der Waals surface area contributed by atoms with Crippen molar-refractivity contribution >= 4 is 18.0 Å².